The van der Waals surface area contributed by atoms with Crippen LogP contribution in [-0.4, -0.2) is 68.1 Å². The Bertz CT molecular complexity index is 1390. The lowest BCUT2D eigenvalue weighted by molar-refractivity contribution is -0.0373. The minimum atomic E-state index is -0.395. The van der Waals surface area contributed by atoms with E-state index in [2.05, 4.69) is 46.5 Å². The van der Waals surface area contributed by atoms with E-state index in [1.165, 1.54) is 12.0 Å². The number of ether oxygens (including phenoxy) is 3. The molecule has 37 heavy (non-hydrogen) atoms. The minimum Gasteiger partial charge on any atom is -0.486 e. The number of carbonyl (C=O) groups is 1. The molecular formula is C28H33N5O4. The van der Waals surface area contributed by atoms with E-state index in [1.54, 1.807) is 0 Å². The molecule has 2 fully saturated rings. The fourth-order valence-electron chi connectivity index (χ4n) is 5.89. The summed E-state index contributed by atoms with van der Waals surface area (Å²) in [4.78, 5) is 21.0. The van der Waals surface area contributed by atoms with Gasteiger partial charge in [0.2, 0.25) is 0 Å². The lowest BCUT2D eigenvalue weighted by Crippen LogP contribution is -2.55. The maximum Gasteiger partial charge on any atom is 0.274 e. The van der Waals surface area contributed by atoms with Crippen LogP contribution >= 0.6 is 0 Å². The van der Waals surface area contributed by atoms with Crippen LogP contribution in [0.15, 0.2) is 24.5 Å². The van der Waals surface area contributed by atoms with Crippen LogP contribution < -0.4 is 9.47 Å². The number of benzene rings is 1. The second kappa shape index (κ2) is 8.34. The van der Waals surface area contributed by atoms with Crippen molar-refractivity contribution in [2.24, 2.45) is 0 Å². The molecule has 1 saturated heterocycles. The molecule has 0 radical (unpaired) electrons. The molecule has 1 amide bonds. The van der Waals surface area contributed by atoms with Gasteiger partial charge in [0.1, 0.15) is 18.5 Å². The molecule has 7 rings (SSSR count). The summed E-state index contributed by atoms with van der Waals surface area (Å²) in [6, 6.07) is 4.59. The van der Waals surface area contributed by atoms with Crippen molar-refractivity contribution in [2.75, 3.05) is 26.4 Å². The van der Waals surface area contributed by atoms with Gasteiger partial charge in [0.05, 0.1) is 47.9 Å². The number of imidazole rings is 1. The van der Waals surface area contributed by atoms with Crippen LogP contribution in [0.2, 0.25) is 0 Å². The zero-order valence-electron chi connectivity index (χ0n) is 21.7. The average Bonchev–Trinajstić information content (AvgIpc) is 3.46. The predicted molar refractivity (Wildman–Crippen MR) is 137 cm³/mol. The van der Waals surface area contributed by atoms with Gasteiger partial charge in [0.25, 0.3) is 5.91 Å². The van der Waals surface area contributed by atoms with Crippen LogP contribution in [0.25, 0.3) is 17.1 Å². The standard InChI is InChI=1S/C28H33N5O4/c1-17-15-36-23-11-18-7-8-21-25(27(34)31-9-10-35-16-28(31,2)3)30-26(33(21)22(18)12-24(23)37-17)19-13-29-32(14-19)20-5-4-6-20/h11-14,17,20H,4-10,15-16H2,1-3H3. The van der Waals surface area contributed by atoms with Crippen LogP contribution in [0.4, 0.5) is 0 Å². The van der Waals surface area contributed by atoms with Gasteiger partial charge in [0.15, 0.2) is 17.2 Å². The summed E-state index contributed by atoms with van der Waals surface area (Å²) in [5, 5.41) is 4.67. The molecule has 0 N–H and O–H groups in total. The lowest BCUT2D eigenvalue weighted by Gasteiger charge is -2.41. The summed E-state index contributed by atoms with van der Waals surface area (Å²) in [6.45, 7) is 8.26. The highest BCUT2D eigenvalue weighted by molar-refractivity contribution is 5.95. The normalized spacial score (nSPS) is 22.2. The predicted octanol–water partition coefficient (Wildman–Crippen LogP) is 3.97. The van der Waals surface area contributed by atoms with Gasteiger partial charge in [-0.25, -0.2) is 4.98 Å². The molecule has 0 spiro atoms. The summed E-state index contributed by atoms with van der Waals surface area (Å²) >= 11 is 0. The Morgan fingerprint density at radius 2 is 2.03 bits per heavy atom. The van der Waals surface area contributed by atoms with E-state index in [0.717, 1.165) is 60.0 Å². The van der Waals surface area contributed by atoms with Crippen LogP contribution in [0.5, 0.6) is 11.5 Å². The molecule has 1 aromatic carbocycles. The van der Waals surface area contributed by atoms with Gasteiger partial charge in [-0.15, -0.1) is 0 Å². The van der Waals surface area contributed by atoms with Gasteiger partial charge in [0, 0.05) is 18.8 Å². The van der Waals surface area contributed by atoms with Gasteiger partial charge in [-0.05, 0) is 64.5 Å². The van der Waals surface area contributed by atoms with E-state index in [-0.39, 0.29) is 12.0 Å². The molecule has 3 aliphatic heterocycles. The monoisotopic (exact) mass is 503 g/mol. The van der Waals surface area contributed by atoms with Crippen molar-refractivity contribution in [3.63, 3.8) is 0 Å². The van der Waals surface area contributed by atoms with Gasteiger partial charge >= 0.3 is 0 Å². The molecule has 1 aliphatic carbocycles. The second-order valence-electron chi connectivity index (χ2n) is 11.3. The molecule has 5 heterocycles. The third kappa shape index (κ3) is 3.66. The number of hydrogen-bond acceptors (Lipinski definition) is 6. The largest absolute Gasteiger partial charge is 0.486 e. The van der Waals surface area contributed by atoms with Crippen molar-refractivity contribution >= 4 is 5.91 Å². The van der Waals surface area contributed by atoms with E-state index in [0.29, 0.717) is 38.1 Å². The highest BCUT2D eigenvalue weighted by atomic mass is 16.6. The quantitative estimate of drug-likeness (QED) is 0.538. The van der Waals surface area contributed by atoms with Gasteiger partial charge in [-0.1, -0.05) is 0 Å². The van der Waals surface area contributed by atoms with Gasteiger partial charge < -0.3 is 19.1 Å². The van der Waals surface area contributed by atoms with Crippen molar-refractivity contribution in [1.29, 1.82) is 0 Å². The number of morpholine rings is 1. The highest BCUT2D eigenvalue weighted by Gasteiger charge is 2.39. The molecular weight excluding hydrogens is 470 g/mol. The first-order valence-electron chi connectivity index (χ1n) is 13.4. The molecule has 1 saturated carbocycles. The fourth-order valence-corrected chi connectivity index (χ4v) is 5.89. The first-order valence-corrected chi connectivity index (χ1v) is 13.4. The smallest absolute Gasteiger partial charge is 0.274 e. The number of aromatic nitrogens is 4. The van der Waals surface area contributed by atoms with Crippen LogP contribution in [0, 0.1) is 0 Å². The second-order valence-corrected chi connectivity index (χ2v) is 11.3. The number of fused-ring (bicyclic) bond motifs is 4. The number of hydrogen-bond donors (Lipinski definition) is 0. The Labute approximate surface area is 216 Å². The molecule has 9 nitrogen and oxygen atoms in total. The number of rotatable bonds is 3. The zero-order valence-corrected chi connectivity index (χ0v) is 21.7. The first-order chi connectivity index (χ1) is 17.9. The van der Waals surface area contributed by atoms with Gasteiger partial charge in [-0.2, -0.15) is 5.10 Å². The van der Waals surface area contributed by atoms with Crippen molar-refractivity contribution < 1.29 is 19.0 Å². The van der Waals surface area contributed by atoms with Crippen molar-refractivity contribution in [2.45, 2.75) is 70.6 Å². The van der Waals surface area contributed by atoms with E-state index < -0.39 is 5.54 Å². The maximum absolute atomic E-state index is 14.0. The molecule has 9 heteroatoms. The Morgan fingerprint density at radius 1 is 1.16 bits per heavy atom. The Morgan fingerprint density at radius 3 is 2.81 bits per heavy atom. The van der Waals surface area contributed by atoms with Crippen LogP contribution in [-0.2, 0) is 17.6 Å². The molecule has 4 aliphatic rings. The molecule has 194 valence electrons. The maximum atomic E-state index is 14.0. The highest BCUT2D eigenvalue weighted by Crippen LogP contribution is 2.42. The lowest BCUT2D eigenvalue weighted by atomic mass is 9.93. The Hall–Kier alpha value is -3.33. The third-order valence-corrected chi connectivity index (χ3v) is 8.19. The molecule has 3 aromatic rings. The summed E-state index contributed by atoms with van der Waals surface area (Å²) in [7, 11) is 0. The minimum absolute atomic E-state index is 0.0164. The average molecular weight is 504 g/mol. The summed E-state index contributed by atoms with van der Waals surface area (Å²) < 4.78 is 22.0. The van der Waals surface area contributed by atoms with Gasteiger partial charge in [-0.3, -0.25) is 14.0 Å². The fraction of sp³-hybridized carbons (Fsp3) is 0.536. The molecule has 0 bridgehead atoms. The number of aryl methyl sites for hydroxylation is 1. The van der Waals surface area contributed by atoms with Crippen LogP contribution in [0.3, 0.4) is 0 Å². The zero-order chi connectivity index (χ0) is 25.3. The molecule has 1 unspecified atom stereocenters. The SMILES string of the molecule is CC1COc2cc3c(cc2O1)-n1c(-c2cnn(C4CCC4)c2)nc(C(=O)N2CCOCC2(C)C)c1CC3. The third-order valence-electron chi connectivity index (χ3n) is 8.19. The summed E-state index contributed by atoms with van der Waals surface area (Å²) in [6.07, 6.45) is 9.03. The van der Waals surface area contributed by atoms with E-state index in [4.69, 9.17) is 19.2 Å². The summed E-state index contributed by atoms with van der Waals surface area (Å²) in [5.41, 5.74) is 4.15. The van der Waals surface area contributed by atoms with Crippen molar-refractivity contribution in [3.8, 4) is 28.6 Å². The van der Waals surface area contributed by atoms with Crippen LogP contribution in [0.1, 0.15) is 67.8 Å². The van der Waals surface area contributed by atoms with E-state index in [9.17, 15) is 4.79 Å². The number of amides is 1. The Balaban J connectivity index is 1.38. The number of nitrogens with zero attached hydrogens (tertiary/aromatic N) is 5. The van der Waals surface area contributed by atoms with E-state index in [1.807, 2.05) is 18.0 Å². The van der Waals surface area contributed by atoms with E-state index >= 15 is 0 Å². The molecule has 2 aromatic heterocycles. The topological polar surface area (TPSA) is 83.6 Å². The Kier molecular flexibility index (Phi) is 5.15. The molecule has 1 atom stereocenters. The number of carbonyl (C=O) groups excluding carboxylic acids is 1. The first kappa shape index (κ1) is 22.8. The van der Waals surface area contributed by atoms with Crippen molar-refractivity contribution in [3.05, 3.63) is 41.5 Å². The van der Waals surface area contributed by atoms with Crippen molar-refractivity contribution in [1.82, 2.24) is 24.2 Å². The summed E-state index contributed by atoms with van der Waals surface area (Å²) in [5.74, 6) is 2.23.